The first-order chi connectivity index (χ1) is 8.66. The van der Waals surface area contributed by atoms with Crippen molar-refractivity contribution in [2.45, 2.75) is 0 Å². The van der Waals surface area contributed by atoms with Gasteiger partial charge in [0.05, 0.1) is 25.4 Å². The summed E-state index contributed by atoms with van der Waals surface area (Å²) in [6.07, 6.45) is 0. The fourth-order valence-corrected chi connectivity index (χ4v) is 0. The SMILES string of the molecule is O=[N+]([O-])[O-].O=[N+]([O-])[O-].O=[N+]([O-])[O-].O=[N+]([O-])[O-].O=[N+]([O-])[O-].[Ag+].[Ti+4]. The van der Waals surface area contributed by atoms with Crippen molar-refractivity contribution in [3.63, 3.8) is 0 Å². The fourth-order valence-electron chi connectivity index (χ4n) is 0. The van der Waals surface area contributed by atoms with Gasteiger partial charge in [0, 0.05) is 0 Å². The molecule has 0 aromatic heterocycles. The number of hydrogen-bond donors (Lipinski definition) is 0. The Morgan fingerprint density at radius 2 is 0.364 bits per heavy atom. The first kappa shape index (κ1) is 42.7. The van der Waals surface area contributed by atoms with Gasteiger partial charge in [0.1, 0.15) is 0 Å². The second kappa shape index (κ2) is 36.2. The average molecular weight is 466 g/mol. The van der Waals surface area contributed by atoms with Crippen molar-refractivity contribution in [1.29, 1.82) is 0 Å². The van der Waals surface area contributed by atoms with Gasteiger partial charge in [-0.2, -0.15) is 0 Å². The topological polar surface area (TPSA) is 331 Å². The molecule has 130 valence electrons. The van der Waals surface area contributed by atoms with Crippen molar-refractivity contribution >= 4 is 0 Å². The molecular weight excluding hydrogens is 466 g/mol. The van der Waals surface area contributed by atoms with Crippen LogP contribution >= 0.6 is 0 Å². The molecule has 0 aromatic rings. The van der Waals surface area contributed by atoms with Crippen LogP contribution in [0.1, 0.15) is 0 Å². The van der Waals surface area contributed by atoms with Crippen LogP contribution in [0, 0.1) is 76.6 Å². The maximum atomic E-state index is 8.25. The molecule has 0 heterocycles. The van der Waals surface area contributed by atoms with Crippen LogP contribution in [0.3, 0.4) is 0 Å². The Labute approximate surface area is 146 Å². The molecule has 0 radical (unpaired) electrons. The number of nitrogens with zero attached hydrogens (tertiary/aromatic N) is 5. The summed E-state index contributed by atoms with van der Waals surface area (Å²) in [5.74, 6) is 0. The largest absolute Gasteiger partial charge is 4.00 e. The van der Waals surface area contributed by atoms with E-state index < -0.39 is 25.4 Å². The molecule has 0 saturated carbocycles. The Balaban J connectivity index is -0.0000000250. The molecule has 0 aliphatic rings. The molecule has 0 N–H and O–H groups in total. The van der Waals surface area contributed by atoms with Crippen molar-refractivity contribution in [3.8, 4) is 0 Å². The standard InChI is InChI=1S/Ag.5NO3.Ti/c;5*2-1(3)4;/q+1;5*-1;+4. The maximum absolute atomic E-state index is 8.25. The van der Waals surface area contributed by atoms with Crippen molar-refractivity contribution in [3.05, 3.63) is 76.6 Å². The van der Waals surface area contributed by atoms with E-state index >= 15 is 0 Å². The van der Waals surface area contributed by atoms with Crippen LogP contribution in [0.25, 0.3) is 0 Å². The summed E-state index contributed by atoms with van der Waals surface area (Å²) in [7, 11) is 0. The van der Waals surface area contributed by atoms with Gasteiger partial charge >= 0.3 is 44.1 Å². The van der Waals surface area contributed by atoms with Gasteiger partial charge in [-0.15, -0.1) is 0 Å². The van der Waals surface area contributed by atoms with Crippen LogP contribution in [-0.2, 0) is 44.1 Å². The zero-order chi connectivity index (χ0) is 17.9. The summed E-state index contributed by atoms with van der Waals surface area (Å²) in [4.78, 5) is 41.2. The fraction of sp³-hybridized carbons (Fsp3) is 0. The molecule has 22 heavy (non-hydrogen) atoms. The van der Waals surface area contributed by atoms with Gasteiger partial charge in [0.2, 0.25) is 0 Å². The Kier molecular flexibility index (Phi) is 70.4. The van der Waals surface area contributed by atoms with E-state index in [1.54, 1.807) is 0 Å². The molecule has 0 fully saturated rings. The van der Waals surface area contributed by atoms with Gasteiger partial charge < -0.3 is 76.6 Å². The van der Waals surface area contributed by atoms with Crippen molar-refractivity contribution < 1.29 is 69.5 Å². The Morgan fingerprint density at radius 1 is 0.364 bits per heavy atom. The third kappa shape index (κ3) is 729. The van der Waals surface area contributed by atoms with Crippen LogP contribution < -0.4 is 0 Å². The second-order valence-electron chi connectivity index (χ2n) is 1.12. The van der Waals surface area contributed by atoms with E-state index in [-0.39, 0.29) is 44.1 Å². The van der Waals surface area contributed by atoms with E-state index in [1.165, 1.54) is 0 Å². The molecule has 0 saturated heterocycles. The van der Waals surface area contributed by atoms with Gasteiger partial charge in [-0.3, -0.25) is 0 Å². The summed E-state index contributed by atoms with van der Waals surface area (Å²) in [6.45, 7) is 0. The van der Waals surface area contributed by atoms with E-state index in [4.69, 9.17) is 76.6 Å². The quantitative estimate of drug-likeness (QED) is 0.230. The summed E-state index contributed by atoms with van der Waals surface area (Å²) in [5.41, 5.74) is 0. The first-order valence-electron chi connectivity index (χ1n) is 2.74. The van der Waals surface area contributed by atoms with E-state index in [1.807, 2.05) is 0 Å². The van der Waals surface area contributed by atoms with Gasteiger partial charge in [-0.1, -0.05) is 0 Å². The van der Waals surface area contributed by atoms with Gasteiger partial charge in [0.25, 0.3) is 0 Å². The summed E-state index contributed by atoms with van der Waals surface area (Å²) in [5, 5.41) is 73.8. The minimum atomic E-state index is -1.75. The third-order valence-electron chi connectivity index (χ3n) is 0. The zero-order valence-corrected chi connectivity index (χ0v) is 12.2. The molecule has 22 heteroatoms. The van der Waals surface area contributed by atoms with Gasteiger partial charge in [0.15, 0.2) is 0 Å². The predicted molar refractivity (Wildman–Crippen MR) is 51.8 cm³/mol. The van der Waals surface area contributed by atoms with Crippen molar-refractivity contribution in [2.24, 2.45) is 0 Å². The Morgan fingerprint density at radius 3 is 0.364 bits per heavy atom. The number of rotatable bonds is 0. The van der Waals surface area contributed by atoms with Crippen LogP contribution in [0.4, 0.5) is 0 Å². The van der Waals surface area contributed by atoms with Crippen molar-refractivity contribution in [1.82, 2.24) is 0 Å². The molecule has 0 aliphatic carbocycles. The minimum Gasteiger partial charge on any atom is -0.356 e. The smallest absolute Gasteiger partial charge is 0.356 e. The number of hydrogen-bond acceptors (Lipinski definition) is 15. The molecule has 0 rings (SSSR count). The summed E-state index contributed by atoms with van der Waals surface area (Å²) < 4.78 is 0. The predicted octanol–water partition coefficient (Wildman–Crippen LogP) is -1.20. The average Bonchev–Trinajstić information content (AvgIpc) is 1.94. The summed E-state index contributed by atoms with van der Waals surface area (Å²) in [6, 6.07) is 0. The molecular formula is AgN5O15Ti. The van der Waals surface area contributed by atoms with E-state index in [9.17, 15) is 0 Å². The molecule has 20 nitrogen and oxygen atoms in total. The van der Waals surface area contributed by atoms with Gasteiger partial charge in [-0.05, 0) is 0 Å². The second-order valence-corrected chi connectivity index (χ2v) is 1.12. The van der Waals surface area contributed by atoms with Crippen LogP contribution in [0.15, 0.2) is 0 Å². The van der Waals surface area contributed by atoms with Crippen LogP contribution in [-0.4, -0.2) is 25.4 Å². The molecule has 0 spiro atoms. The summed E-state index contributed by atoms with van der Waals surface area (Å²) >= 11 is 0. The van der Waals surface area contributed by atoms with E-state index in [2.05, 4.69) is 0 Å². The Bertz CT molecular complexity index is 213. The zero-order valence-electron chi connectivity index (χ0n) is 9.16. The normalized spacial score (nSPS) is 5.45. The monoisotopic (exact) mass is 465 g/mol. The van der Waals surface area contributed by atoms with Crippen LogP contribution in [0.2, 0.25) is 0 Å². The molecule has 0 aromatic carbocycles. The molecule has 0 unspecified atom stereocenters. The van der Waals surface area contributed by atoms with Crippen molar-refractivity contribution in [2.75, 3.05) is 0 Å². The third-order valence-corrected chi connectivity index (χ3v) is 0. The minimum absolute atomic E-state index is 0. The molecule has 0 bridgehead atoms. The first-order valence-corrected chi connectivity index (χ1v) is 2.74. The molecule has 0 atom stereocenters. The van der Waals surface area contributed by atoms with E-state index in [0.717, 1.165) is 0 Å². The van der Waals surface area contributed by atoms with Gasteiger partial charge in [-0.25, -0.2) is 0 Å². The van der Waals surface area contributed by atoms with Crippen LogP contribution in [0.5, 0.6) is 0 Å². The maximum Gasteiger partial charge on any atom is 4.00 e. The van der Waals surface area contributed by atoms with E-state index in [0.29, 0.717) is 0 Å². The Hall–Kier alpha value is -2.55. The molecule has 0 amide bonds. The molecule has 0 aliphatic heterocycles.